The van der Waals surface area contributed by atoms with Gasteiger partial charge in [-0.05, 0) is 17.5 Å². The first-order valence-corrected chi connectivity index (χ1v) is 6.64. The number of hydrogen-bond donors (Lipinski definition) is 2. The summed E-state index contributed by atoms with van der Waals surface area (Å²) in [6.45, 7) is 0.493. The highest BCUT2D eigenvalue weighted by Crippen LogP contribution is 2.24. The zero-order chi connectivity index (χ0) is 13.1. The molecule has 0 atom stereocenters. The Morgan fingerprint density at radius 3 is 3.05 bits per heavy atom. The van der Waals surface area contributed by atoms with Crippen molar-refractivity contribution in [2.75, 3.05) is 6.54 Å². The summed E-state index contributed by atoms with van der Waals surface area (Å²) in [6, 6.07) is 9.85. The lowest BCUT2D eigenvalue weighted by atomic mass is 10.2. The Labute approximate surface area is 112 Å². The average Bonchev–Trinajstić information content (AvgIpc) is 3.07. The molecule has 0 bridgehead atoms. The second kappa shape index (κ2) is 5.15. The fraction of sp³-hybridized carbons (Fsp3) is 0.167. The van der Waals surface area contributed by atoms with Crippen molar-refractivity contribution in [1.29, 1.82) is 0 Å². The topological polar surface area (TPSA) is 83.6 Å². The van der Waals surface area contributed by atoms with Crippen LogP contribution in [-0.4, -0.2) is 33.1 Å². The third-order valence-electron chi connectivity index (χ3n) is 2.67. The van der Waals surface area contributed by atoms with E-state index in [1.165, 1.54) is 11.3 Å². The van der Waals surface area contributed by atoms with Crippen LogP contribution in [-0.2, 0) is 6.42 Å². The Balaban J connectivity index is 1.63. The molecule has 3 rings (SSSR count). The van der Waals surface area contributed by atoms with E-state index in [4.69, 9.17) is 0 Å². The summed E-state index contributed by atoms with van der Waals surface area (Å²) in [5.41, 5.74) is 0. The molecule has 0 saturated carbocycles. The van der Waals surface area contributed by atoms with Gasteiger partial charge in [0.05, 0.1) is 4.88 Å². The minimum absolute atomic E-state index is 0.0651. The Kier molecular flexibility index (Phi) is 3.20. The zero-order valence-corrected chi connectivity index (χ0v) is 10.8. The van der Waals surface area contributed by atoms with Crippen LogP contribution in [0.4, 0.5) is 0 Å². The first kappa shape index (κ1) is 11.8. The second-order valence-electron chi connectivity index (χ2n) is 3.98. The minimum atomic E-state index is -0.0651. The standard InChI is InChI=1S/C12H11N5OS/c18-12(13-6-5-11-14-16-17-15-11)10-7-8-3-1-2-4-9(8)19-10/h1-4,7H,5-6H2,(H,13,18)(H,14,15,16,17). The molecule has 2 N–H and O–H groups in total. The first-order valence-electron chi connectivity index (χ1n) is 5.82. The maximum absolute atomic E-state index is 12.0. The highest BCUT2D eigenvalue weighted by atomic mass is 32.1. The van der Waals surface area contributed by atoms with Gasteiger partial charge in [0.1, 0.15) is 0 Å². The normalized spacial score (nSPS) is 10.7. The zero-order valence-electron chi connectivity index (χ0n) is 9.96. The van der Waals surface area contributed by atoms with Crippen LogP contribution < -0.4 is 5.32 Å². The van der Waals surface area contributed by atoms with Gasteiger partial charge in [-0.3, -0.25) is 4.79 Å². The third-order valence-corrected chi connectivity index (χ3v) is 3.79. The van der Waals surface area contributed by atoms with Crippen LogP contribution >= 0.6 is 11.3 Å². The molecule has 0 aliphatic heterocycles. The predicted molar refractivity (Wildman–Crippen MR) is 72.0 cm³/mol. The molecule has 0 aliphatic rings. The van der Waals surface area contributed by atoms with Crippen LogP contribution in [0.3, 0.4) is 0 Å². The molecule has 1 amide bonds. The van der Waals surface area contributed by atoms with Crippen molar-refractivity contribution in [3.05, 3.63) is 41.0 Å². The Morgan fingerprint density at radius 1 is 1.37 bits per heavy atom. The monoisotopic (exact) mass is 273 g/mol. The van der Waals surface area contributed by atoms with E-state index in [9.17, 15) is 4.79 Å². The van der Waals surface area contributed by atoms with Crippen molar-refractivity contribution in [3.63, 3.8) is 0 Å². The number of carbonyl (C=O) groups is 1. The smallest absolute Gasteiger partial charge is 0.261 e. The number of tetrazole rings is 1. The lowest BCUT2D eigenvalue weighted by molar-refractivity contribution is 0.0958. The number of fused-ring (bicyclic) bond motifs is 1. The molecule has 3 aromatic rings. The molecule has 0 unspecified atom stereocenters. The lowest BCUT2D eigenvalue weighted by Gasteiger charge is -2.00. The van der Waals surface area contributed by atoms with Crippen LogP contribution in [0.15, 0.2) is 30.3 Å². The fourth-order valence-electron chi connectivity index (χ4n) is 1.76. The van der Waals surface area contributed by atoms with Gasteiger partial charge < -0.3 is 5.32 Å². The number of aromatic nitrogens is 4. The number of carbonyl (C=O) groups excluding carboxylic acids is 1. The Morgan fingerprint density at radius 2 is 2.26 bits per heavy atom. The molecule has 7 heteroatoms. The van der Waals surface area contributed by atoms with Crippen molar-refractivity contribution in [1.82, 2.24) is 25.9 Å². The molecule has 6 nitrogen and oxygen atoms in total. The van der Waals surface area contributed by atoms with Crippen molar-refractivity contribution in [2.45, 2.75) is 6.42 Å². The van der Waals surface area contributed by atoms with Gasteiger partial charge in [0.15, 0.2) is 5.82 Å². The van der Waals surface area contributed by atoms with E-state index in [0.717, 1.165) is 10.1 Å². The number of benzene rings is 1. The molecule has 0 aliphatic carbocycles. The number of amides is 1. The van der Waals surface area contributed by atoms with Crippen molar-refractivity contribution >= 4 is 27.3 Å². The van der Waals surface area contributed by atoms with Crippen LogP contribution in [0.25, 0.3) is 10.1 Å². The van der Waals surface area contributed by atoms with Gasteiger partial charge in [-0.1, -0.05) is 23.4 Å². The van der Waals surface area contributed by atoms with E-state index in [1.807, 2.05) is 30.3 Å². The van der Waals surface area contributed by atoms with Crippen LogP contribution in [0.2, 0.25) is 0 Å². The van der Waals surface area contributed by atoms with E-state index in [2.05, 4.69) is 25.9 Å². The summed E-state index contributed by atoms with van der Waals surface area (Å²) < 4.78 is 1.12. The number of nitrogens with one attached hydrogen (secondary N) is 2. The van der Waals surface area contributed by atoms with Crippen molar-refractivity contribution in [3.8, 4) is 0 Å². The molecule has 96 valence electrons. The van der Waals surface area contributed by atoms with Crippen molar-refractivity contribution < 1.29 is 4.79 Å². The van der Waals surface area contributed by atoms with Gasteiger partial charge >= 0.3 is 0 Å². The average molecular weight is 273 g/mol. The summed E-state index contributed by atoms with van der Waals surface area (Å²) >= 11 is 1.49. The summed E-state index contributed by atoms with van der Waals surface area (Å²) in [6.07, 6.45) is 0.563. The van der Waals surface area contributed by atoms with Crippen LogP contribution in [0.1, 0.15) is 15.5 Å². The second-order valence-corrected chi connectivity index (χ2v) is 5.07. The molecule has 2 heterocycles. The van der Waals surface area contributed by atoms with Gasteiger partial charge in [-0.2, -0.15) is 5.21 Å². The van der Waals surface area contributed by atoms with Gasteiger partial charge in [0.2, 0.25) is 0 Å². The number of thiophene rings is 1. The maximum Gasteiger partial charge on any atom is 0.261 e. The molecular weight excluding hydrogens is 262 g/mol. The van der Waals surface area contributed by atoms with E-state index in [-0.39, 0.29) is 5.91 Å². The highest BCUT2D eigenvalue weighted by molar-refractivity contribution is 7.20. The van der Waals surface area contributed by atoms with Crippen molar-refractivity contribution in [2.24, 2.45) is 0 Å². The molecule has 2 aromatic heterocycles. The SMILES string of the molecule is O=C(NCCc1nn[nH]n1)c1cc2ccccc2s1. The molecule has 0 fully saturated rings. The maximum atomic E-state index is 12.0. The molecule has 19 heavy (non-hydrogen) atoms. The molecule has 1 aromatic carbocycles. The Hall–Kier alpha value is -2.28. The van der Waals surface area contributed by atoms with Gasteiger partial charge in [-0.15, -0.1) is 21.5 Å². The van der Waals surface area contributed by atoms with Crippen LogP contribution in [0, 0.1) is 0 Å². The largest absolute Gasteiger partial charge is 0.351 e. The number of H-pyrrole nitrogens is 1. The first-order chi connectivity index (χ1) is 9.33. The van der Waals surface area contributed by atoms with E-state index < -0.39 is 0 Å². The molecule has 0 radical (unpaired) electrons. The third kappa shape index (κ3) is 2.60. The summed E-state index contributed by atoms with van der Waals surface area (Å²) in [5.74, 6) is 0.529. The van der Waals surface area contributed by atoms with Gasteiger partial charge in [0, 0.05) is 17.7 Å². The minimum Gasteiger partial charge on any atom is -0.351 e. The Bertz CT molecular complexity index is 658. The molecule has 0 saturated heterocycles. The molecular formula is C12H11N5OS. The van der Waals surface area contributed by atoms with Gasteiger partial charge in [-0.25, -0.2) is 0 Å². The predicted octanol–water partition coefficient (Wildman–Crippen LogP) is 1.39. The number of nitrogens with zero attached hydrogens (tertiary/aromatic N) is 3. The summed E-state index contributed by atoms with van der Waals surface area (Å²) in [7, 11) is 0. The molecule has 0 spiro atoms. The van der Waals surface area contributed by atoms with Gasteiger partial charge in [0.25, 0.3) is 5.91 Å². The highest BCUT2D eigenvalue weighted by Gasteiger charge is 2.09. The van der Waals surface area contributed by atoms with E-state index in [1.54, 1.807) is 0 Å². The quantitative estimate of drug-likeness (QED) is 0.752. The fourth-order valence-corrected chi connectivity index (χ4v) is 2.74. The summed E-state index contributed by atoms with van der Waals surface area (Å²) in [4.78, 5) is 12.7. The van der Waals surface area contributed by atoms with E-state index in [0.29, 0.717) is 23.7 Å². The van der Waals surface area contributed by atoms with E-state index >= 15 is 0 Å². The number of hydrogen-bond acceptors (Lipinski definition) is 5. The number of rotatable bonds is 4. The lowest BCUT2D eigenvalue weighted by Crippen LogP contribution is -2.25. The number of aromatic amines is 1. The summed E-state index contributed by atoms with van der Waals surface area (Å²) in [5, 5.41) is 17.4. The van der Waals surface area contributed by atoms with Crippen LogP contribution in [0.5, 0.6) is 0 Å².